The van der Waals surface area contributed by atoms with Gasteiger partial charge >= 0.3 is 0 Å². The lowest BCUT2D eigenvalue weighted by Crippen LogP contribution is -3.17. The van der Waals surface area contributed by atoms with Gasteiger partial charge in [0.15, 0.2) is 12.3 Å². The maximum atomic E-state index is 12.4. The second-order valence-corrected chi connectivity index (χ2v) is 6.44. The Morgan fingerprint density at radius 2 is 1.88 bits per heavy atom. The lowest BCUT2D eigenvalue weighted by Gasteiger charge is -2.29. The smallest absolute Gasteiger partial charge is 0.279 e. The van der Waals surface area contributed by atoms with Gasteiger partial charge in [0.05, 0.1) is 18.3 Å². The van der Waals surface area contributed by atoms with Crippen LogP contribution in [-0.4, -0.2) is 25.0 Å². The fourth-order valence-electron chi connectivity index (χ4n) is 3.19. The first kappa shape index (κ1) is 16.5. The Bertz CT molecular complexity index is 672. The summed E-state index contributed by atoms with van der Waals surface area (Å²) in [6.07, 6.45) is 3.69. The number of carbonyl (C=O) groups excluding carboxylic acids is 1. The lowest BCUT2D eigenvalue weighted by atomic mass is 10.0. The van der Waals surface area contributed by atoms with Crippen LogP contribution >= 0.6 is 0 Å². The number of ether oxygens (including phenoxy) is 1. The minimum Gasteiger partial charge on any atom is -0.455 e. The molecule has 126 valence electrons. The van der Waals surface area contributed by atoms with E-state index in [0.29, 0.717) is 18.3 Å². The number of hydrogen-bond acceptors (Lipinski definition) is 2. The second-order valence-electron chi connectivity index (χ2n) is 6.44. The molecule has 0 radical (unpaired) electrons. The summed E-state index contributed by atoms with van der Waals surface area (Å²) in [5.74, 6) is 1.47. The Kier molecular flexibility index (Phi) is 5.49. The number of quaternary nitrogens is 1. The molecule has 4 heteroatoms. The number of benzene rings is 2. The molecule has 0 spiro atoms. The van der Waals surface area contributed by atoms with Crippen molar-refractivity contribution >= 4 is 11.6 Å². The molecule has 0 bridgehead atoms. The molecule has 2 N–H and O–H groups in total. The topological polar surface area (TPSA) is 42.8 Å². The van der Waals surface area contributed by atoms with Crippen molar-refractivity contribution in [3.63, 3.8) is 0 Å². The summed E-state index contributed by atoms with van der Waals surface area (Å²) in [5.41, 5.74) is 0.718. The van der Waals surface area contributed by atoms with Crippen molar-refractivity contribution in [1.29, 1.82) is 0 Å². The van der Waals surface area contributed by atoms with Crippen LogP contribution in [-0.2, 0) is 4.79 Å². The average molecular weight is 325 g/mol. The number of nitrogens with one attached hydrogen (secondary N) is 2. The maximum absolute atomic E-state index is 12.4. The summed E-state index contributed by atoms with van der Waals surface area (Å²) in [7, 11) is 0. The van der Waals surface area contributed by atoms with E-state index >= 15 is 0 Å². The van der Waals surface area contributed by atoms with Gasteiger partial charge in [-0.3, -0.25) is 4.79 Å². The van der Waals surface area contributed by atoms with E-state index in [2.05, 4.69) is 12.2 Å². The molecule has 3 rings (SSSR count). The van der Waals surface area contributed by atoms with E-state index in [0.717, 1.165) is 18.0 Å². The zero-order valence-electron chi connectivity index (χ0n) is 14.1. The van der Waals surface area contributed by atoms with Gasteiger partial charge in [0.25, 0.3) is 5.91 Å². The number of para-hydroxylation sites is 3. The van der Waals surface area contributed by atoms with Gasteiger partial charge in [-0.2, -0.15) is 0 Å². The number of rotatable bonds is 5. The number of carbonyl (C=O) groups is 1. The van der Waals surface area contributed by atoms with Crippen molar-refractivity contribution in [2.75, 3.05) is 18.4 Å². The van der Waals surface area contributed by atoms with Crippen LogP contribution in [0.15, 0.2) is 54.6 Å². The molecule has 4 nitrogen and oxygen atoms in total. The molecule has 1 saturated heterocycles. The summed E-state index contributed by atoms with van der Waals surface area (Å²) in [6, 6.07) is 17.7. The van der Waals surface area contributed by atoms with E-state index < -0.39 is 0 Å². The van der Waals surface area contributed by atoms with Gasteiger partial charge < -0.3 is 15.0 Å². The van der Waals surface area contributed by atoms with Crippen LogP contribution < -0.4 is 15.0 Å². The first-order valence-electron chi connectivity index (χ1n) is 8.69. The summed E-state index contributed by atoms with van der Waals surface area (Å²) in [5, 5.41) is 3.01. The van der Waals surface area contributed by atoms with Crippen LogP contribution in [0.1, 0.15) is 26.2 Å². The molecule has 0 aromatic heterocycles. The molecule has 1 amide bonds. The molecular formula is C20H25N2O2+. The Balaban J connectivity index is 1.65. The van der Waals surface area contributed by atoms with Crippen LogP contribution in [0.4, 0.5) is 5.69 Å². The standard InChI is InChI=1S/C20H24N2O2/c1-16-9-7-8-14-22(16)15-20(23)21-18-12-5-6-13-19(18)24-17-10-3-2-4-11-17/h2-6,10-13,16H,7-9,14-15H2,1H3,(H,21,23)/p+1/t16-/m1/s1. The highest BCUT2D eigenvalue weighted by atomic mass is 16.5. The van der Waals surface area contributed by atoms with Crippen molar-refractivity contribution < 1.29 is 14.4 Å². The average Bonchev–Trinajstić information content (AvgIpc) is 2.60. The summed E-state index contributed by atoms with van der Waals surface area (Å²) < 4.78 is 5.90. The fraction of sp³-hybridized carbons (Fsp3) is 0.350. The van der Waals surface area contributed by atoms with Crippen LogP contribution in [0, 0.1) is 0 Å². The Morgan fingerprint density at radius 3 is 2.67 bits per heavy atom. The number of hydrogen-bond donors (Lipinski definition) is 2. The van der Waals surface area contributed by atoms with Crippen LogP contribution in [0.2, 0.25) is 0 Å². The van der Waals surface area contributed by atoms with Gasteiger partial charge in [-0.25, -0.2) is 0 Å². The van der Waals surface area contributed by atoms with E-state index in [1.54, 1.807) is 0 Å². The van der Waals surface area contributed by atoms with Gasteiger partial charge in [0.2, 0.25) is 0 Å². The molecule has 0 aliphatic carbocycles. The molecule has 1 aliphatic heterocycles. The monoisotopic (exact) mass is 325 g/mol. The third-order valence-electron chi connectivity index (χ3n) is 4.60. The second kappa shape index (κ2) is 7.97. The molecule has 1 aliphatic rings. The number of piperidine rings is 1. The highest BCUT2D eigenvalue weighted by Gasteiger charge is 2.24. The largest absolute Gasteiger partial charge is 0.455 e. The highest BCUT2D eigenvalue weighted by molar-refractivity contribution is 5.93. The van der Waals surface area contributed by atoms with Crippen LogP contribution in [0.5, 0.6) is 11.5 Å². The third-order valence-corrected chi connectivity index (χ3v) is 4.60. The minimum absolute atomic E-state index is 0.0443. The Hall–Kier alpha value is -2.33. The van der Waals surface area contributed by atoms with Gasteiger partial charge in [-0.1, -0.05) is 30.3 Å². The van der Waals surface area contributed by atoms with Crippen molar-refractivity contribution in [2.45, 2.75) is 32.2 Å². The normalized spacial score (nSPS) is 20.4. The fourth-order valence-corrected chi connectivity index (χ4v) is 3.19. The van der Waals surface area contributed by atoms with E-state index in [9.17, 15) is 4.79 Å². The highest BCUT2D eigenvalue weighted by Crippen LogP contribution is 2.28. The van der Waals surface area contributed by atoms with E-state index in [1.807, 2.05) is 54.6 Å². The predicted molar refractivity (Wildman–Crippen MR) is 95.6 cm³/mol. The van der Waals surface area contributed by atoms with Gasteiger partial charge in [-0.15, -0.1) is 0 Å². The minimum atomic E-state index is 0.0443. The molecule has 2 aromatic rings. The number of anilines is 1. The first-order valence-corrected chi connectivity index (χ1v) is 8.69. The molecule has 1 fully saturated rings. The Morgan fingerprint density at radius 1 is 1.12 bits per heavy atom. The molecular weight excluding hydrogens is 300 g/mol. The molecule has 2 atom stereocenters. The molecule has 1 unspecified atom stereocenters. The van der Waals surface area contributed by atoms with Crippen molar-refractivity contribution in [1.82, 2.24) is 0 Å². The van der Waals surface area contributed by atoms with E-state index in [-0.39, 0.29) is 5.91 Å². The van der Waals surface area contributed by atoms with Gasteiger partial charge in [0.1, 0.15) is 5.75 Å². The third kappa shape index (κ3) is 4.36. The van der Waals surface area contributed by atoms with Crippen molar-refractivity contribution in [3.05, 3.63) is 54.6 Å². The zero-order valence-corrected chi connectivity index (χ0v) is 14.1. The quantitative estimate of drug-likeness (QED) is 0.888. The van der Waals surface area contributed by atoms with Gasteiger partial charge in [0, 0.05) is 0 Å². The Labute approximate surface area is 143 Å². The lowest BCUT2D eigenvalue weighted by molar-refractivity contribution is -0.920. The van der Waals surface area contributed by atoms with E-state index in [1.165, 1.54) is 24.2 Å². The van der Waals surface area contributed by atoms with Gasteiger partial charge in [-0.05, 0) is 50.5 Å². The first-order chi connectivity index (χ1) is 11.7. The SMILES string of the molecule is C[C@@H]1CCCC[NH+]1CC(=O)Nc1ccccc1Oc1ccccc1. The van der Waals surface area contributed by atoms with E-state index in [4.69, 9.17) is 4.74 Å². The molecule has 24 heavy (non-hydrogen) atoms. The summed E-state index contributed by atoms with van der Waals surface area (Å²) >= 11 is 0. The number of likely N-dealkylation sites (tertiary alicyclic amines) is 1. The summed E-state index contributed by atoms with van der Waals surface area (Å²) in [6.45, 7) is 3.83. The molecule has 0 saturated carbocycles. The van der Waals surface area contributed by atoms with Crippen LogP contribution in [0.25, 0.3) is 0 Å². The molecule has 1 heterocycles. The number of amides is 1. The zero-order chi connectivity index (χ0) is 16.8. The molecule has 2 aromatic carbocycles. The predicted octanol–water partition coefficient (Wildman–Crippen LogP) is 2.87. The van der Waals surface area contributed by atoms with Crippen molar-refractivity contribution in [2.24, 2.45) is 0 Å². The van der Waals surface area contributed by atoms with Crippen molar-refractivity contribution in [3.8, 4) is 11.5 Å². The summed E-state index contributed by atoms with van der Waals surface area (Å²) in [4.78, 5) is 13.8. The maximum Gasteiger partial charge on any atom is 0.279 e. The van der Waals surface area contributed by atoms with Crippen LogP contribution in [0.3, 0.4) is 0 Å².